The van der Waals surface area contributed by atoms with Crippen LogP contribution in [0.4, 0.5) is 5.69 Å². The summed E-state index contributed by atoms with van der Waals surface area (Å²) < 4.78 is 6.26. The molecule has 1 atom stereocenters. The van der Waals surface area contributed by atoms with E-state index >= 15 is 0 Å². The molecular formula is C21H29N3O3. The van der Waals surface area contributed by atoms with Crippen molar-refractivity contribution < 1.29 is 14.6 Å². The molecule has 6 nitrogen and oxygen atoms in total. The molecular weight excluding hydrogens is 342 g/mol. The number of hydrogen-bond acceptors (Lipinski definition) is 5. The van der Waals surface area contributed by atoms with Crippen molar-refractivity contribution in [3.05, 3.63) is 30.0 Å². The van der Waals surface area contributed by atoms with E-state index in [0.717, 1.165) is 48.0 Å². The molecule has 146 valence electrons. The lowest BCUT2D eigenvalue weighted by Gasteiger charge is -2.30. The summed E-state index contributed by atoms with van der Waals surface area (Å²) in [5.41, 5.74) is 8.63. The Labute approximate surface area is 160 Å². The number of pyridine rings is 1. The molecule has 1 saturated carbocycles. The van der Waals surface area contributed by atoms with E-state index in [9.17, 15) is 9.90 Å². The fraction of sp³-hybridized carbons (Fsp3) is 0.524. The van der Waals surface area contributed by atoms with Crippen molar-refractivity contribution in [2.24, 2.45) is 5.92 Å². The van der Waals surface area contributed by atoms with Crippen LogP contribution in [0.3, 0.4) is 0 Å². The third-order valence-corrected chi connectivity index (χ3v) is 5.35. The Hall–Kier alpha value is -2.34. The summed E-state index contributed by atoms with van der Waals surface area (Å²) in [5, 5.41) is 13.2. The number of benzene rings is 1. The van der Waals surface area contributed by atoms with E-state index in [0.29, 0.717) is 12.1 Å². The molecule has 3 rings (SSSR count). The number of aromatic nitrogens is 1. The highest BCUT2D eigenvalue weighted by atomic mass is 16.5. The molecule has 0 saturated heterocycles. The molecule has 1 heterocycles. The normalized spacial score (nSPS) is 21.0. The summed E-state index contributed by atoms with van der Waals surface area (Å²) >= 11 is 0. The van der Waals surface area contributed by atoms with Gasteiger partial charge in [-0.2, -0.15) is 0 Å². The minimum absolute atomic E-state index is 0.0485. The van der Waals surface area contributed by atoms with Gasteiger partial charge in [0.15, 0.2) is 0 Å². The number of nitrogens with zero attached hydrogens (tertiary/aromatic N) is 1. The molecule has 0 radical (unpaired) electrons. The topological polar surface area (TPSA) is 97.5 Å². The second kappa shape index (κ2) is 8.57. The zero-order valence-electron chi connectivity index (χ0n) is 16.1. The Morgan fingerprint density at radius 1 is 1.37 bits per heavy atom. The van der Waals surface area contributed by atoms with Crippen molar-refractivity contribution in [3.63, 3.8) is 0 Å². The number of aliphatic hydroxyl groups is 1. The minimum Gasteiger partial charge on any atom is -0.490 e. The fourth-order valence-corrected chi connectivity index (χ4v) is 3.74. The molecule has 0 bridgehead atoms. The second-order valence-corrected chi connectivity index (χ2v) is 7.39. The highest BCUT2D eigenvalue weighted by Crippen LogP contribution is 2.33. The van der Waals surface area contributed by atoms with Gasteiger partial charge in [0.2, 0.25) is 5.91 Å². The second-order valence-electron chi connectivity index (χ2n) is 7.39. The summed E-state index contributed by atoms with van der Waals surface area (Å²) in [7, 11) is 0. The molecule has 1 amide bonds. The van der Waals surface area contributed by atoms with E-state index in [1.54, 1.807) is 0 Å². The number of fused-ring (bicyclic) bond motifs is 1. The maximum Gasteiger partial charge on any atom is 0.225 e. The van der Waals surface area contributed by atoms with Gasteiger partial charge in [-0.25, -0.2) is 0 Å². The van der Waals surface area contributed by atoms with Crippen LogP contribution in [0.5, 0.6) is 5.75 Å². The lowest BCUT2D eigenvalue weighted by atomic mass is 9.92. The van der Waals surface area contributed by atoms with Gasteiger partial charge >= 0.3 is 0 Å². The van der Waals surface area contributed by atoms with Gasteiger partial charge in [0.1, 0.15) is 5.75 Å². The van der Waals surface area contributed by atoms with E-state index in [-0.39, 0.29) is 30.6 Å². The number of aliphatic hydroxyl groups excluding tert-OH is 1. The number of nitrogens with one attached hydrogen (secondary N) is 1. The highest BCUT2D eigenvalue weighted by Gasteiger charge is 2.26. The third-order valence-electron chi connectivity index (χ3n) is 5.35. The van der Waals surface area contributed by atoms with Crippen molar-refractivity contribution in [3.8, 4) is 5.75 Å². The summed E-state index contributed by atoms with van der Waals surface area (Å²) in [6.07, 6.45) is 4.24. The Morgan fingerprint density at radius 3 is 2.78 bits per heavy atom. The number of amides is 1. The largest absolute Gasteiger partial charge is 0.490 e. The molecule has 0 spiro atoms. The molecule has 4 N–H and O–H groups in total. The molecule has 1 aliphatic carbocycles. The summed E-state index contributed by atoms with van der Waals surface area (Å²) in [5.74, 6) is 0.414. The van der Waals surface area contributed by atoms with Crippen LogP contribution in [0.15, 0.2) is 24.3 Å². The summed E-state index contributed by atoms with van der Waals surface area (Å²) in [6, 6.07) is 7.85. The number of carbonyl (C=O) groups is 1. The van der Waals surface area contributed by atoms with E-state index in [2.05, 4.69) is 10.3 Å². The van der Waals surface area contributed by atoms with Crippen molar-refractivity contribution in [1.82, 2.24) is 10.3 Å². The van der Waals surface area contributed by atoms with Gasteiger partial charge in [0.25, 0.3) is 0 Å². The predicted molar refractivity (Wildman–Crippen MR) is 107 cm³/mol. The number of nitrogen functional groups attached to an aromatic ring is 1. The van der Waals surface area contributed by atoms with Gasteiger partial charge < -0.3 is 20.9 Å². The van der Waals surface area contributed by atoms with Gasteiger partial charge in [-0.1, -0.05) is 13.0 Å². The Morgan fingerprint density at radius 2 is 2.11 bits per heavy atom. The van der Waals surface area contributed by atoms with Gasteiger partial charge in [-0.15, -0.1) is 0 Å². The molecule has 2 aromatic rings. The minimum atomic E-state index is -0.311. The van der Waals surface area contributed by atoms with Crippen LogP contribution in [0.1, 0.15) is 44.7 Å². The zero-order valence-corrected chi connectivity index (χ0v) is 16.1. The molecule has 1 aliphatic rings. The van der Waals surface area contributed by atoms with Crippen LogP contribution in [-0.2, 0) is 4.79 Å². The first-order valence-corrected chi connectivity index (χ1v) is 9.75. The van der Waals surface area contributed by atoms with Crippen LogP contribution >= 0.6 is 0 Å². The molecule has 0 unspecified atom stereocenters. The summed E-state index contributed by atoms with van der Waals surface area (Å²) in [4.78, 5) is 16.7. The van der Waals surface area contributed by atoms with Gasteiger partial charge in [-0.3, -0.25) is 9.78 Å². The monoisotopic (exact) mass is 371 g/mol. The van der Waals surface area contributed by atoms with Crippen molar-refractivity contribution >= 4 is 22.5 Å². The third kappa shape index (κ3) is 4.50. The van der Waals surface area contributed by atoms with Crippen molar-refractivity contribution in [1.29, 1.82) is 0 Å². The van der Waals surface area contributed by atoms with E-state index in [4.69, 9.17) is 10.5 Å². The number of anilines is 1. The van der Waals surface area contributed by atoms with Crippen LogP contribution in [0.25, 0.3) is 10.9 Å². The number of ether oxygens (including phenoxy) is 1. The van der Waals surface area contributed by atoms with Crippen LogP contribution in [0.2, 0.25) is 0 Å². The SMILES string of the molecule is CC[C@@H](CO)C(=O)NC1CCC(Oc2cccc3nc(C)cc(N)c23)CC1. The standard InChI is InChI=1S/C21H29N3O3/c1-3-14(12-25)21(26)24-15-7-9-16(10-8-15)27-19-6-4-5-18-20(19)17(22)11-13(2)23-18/h4-6,11,14-16,25H,3,7-10,12H2,1-2H3,(H2,22,23)(H,24,26)/t14-,15?,16?/m0/s1. The molecule has 1 fully saturated rings. The Kier molecular flexibility index (Phi) is 6.16. The number of hydrogen-bond donors (Lipinski definition) is 3. The average molecular weight is 371 g/mol. The van der Waals surface area contributed by atoms with E-state index in [1.165, 1.54) is 0 Å². The van der Waals surface area contributed by atoms with Crippen molar-refractivity contribution in [2.45, 2.75) is 58.1 Å². The molecule has 1 aromatic heterocycles. The number of nitrogens with two attached hydrogens (primary N) is 1. The lowest BCUT2D eigenvalue weighted by molar-refractivity contribution is -0.127. The van der Waals surface area contributed by atoms with E-state index in [1.807, 2.05) is 38.1 Å². The molecule has 27 heavy (non-hydrogen) atoms. The molecule has 1 aromatic carbocycles. The van der Waals surface area contributed by atoms with Gasteiger partial charge in [0.05, 0.1) is 29.5 Å². The first-order chi connectivity index (χ1) is 13.0. The summed E-state index contributed by atoms with van der Waals surface area (Å²) in [6.45, 7) is 3.74. The lowest BCUT2D eigenvalue weighted by Crippen LogP contribution is -2.43. The van der Waals surface area contributed by atoms with Gasteiger partial charge in [0, 0.05) is 17.4 Å². The molecule has 6 heteroatoms. The average Bonchev–Trinajstić information content (AvgIpc) is 2.64. The van der Waals surface area contributed by atoms with Gasteiger partial charge in [-0.05, 0) is 57.2 Å². The number of aryl methyl sites for hydroxylation is 1. The maximum absolute atomic E-state index is 12.1. The fourth-order valence-electron chi connectivity index (χ4n) is 3.74. The van der Waals surface area contributed by atoms with E-state index < -0.39 is 0 Å². The zero-order chi connectivity index (χ0) is 19.4. The number of carbonyl (C=O) groups excluding carboxylic acids is 1. The smallest absolute Gasteiger partial charge is 0.225 e. The molecule has 0 aliphatic heterocycles. The van der Waals surface area contributed by atoms with Crippen LogP contribution in [-0.4, -0.2) is 34.8 Å². The van der Waals surface area contributed by atoms with Crippen LogP contribution in [0, 0.1) is 12.8 Å². The van der Waals surface area contributed by atoms with Crippen molar-refractivity contribution in [2.75, 3.05) is 12.3 Å². The Bertz CT molecular complexity index is 797. The maximum atomic E-state index is 12.1. The predicted octanol–water partition coefficient (Wildman–Crippen LogP) is 2.95. The number of rotatable bonds is 6. The first kappa shape index (κ1) is 19.4. The highest BCUT2D eigenvalue weighted by molar-refractivity contribution is 5.95. The first-order valence-electron chi connectivity index (χ1n) is 9.75. The quantitative estimate of drug-likeness (QED) is 0.725. The Balaban J connectivity index is 1.62. The van der Waals surface area contributed by atoms with Crippen LogP contribution < -0.4 is 15.8 Å².